The van der Waals surface area contributed by atoms with E-state index in [1.54, 1.807) is 43.3 Å². The summed E-state index contributed by atoms with van der Waals surface area (Å²) < 4.78 is 23.6. The molecule has 19 heteroatoms. The van der Waals surface area contributed by atoms with Gasteiger partial charge >= 0.3 is 6.09 Å². The number of alkyl carbamates (subject to hydrolysis) is 1. The summed E-state index contributed by atoms with van der Waals surface area (Å²) in [6, 6.07) is 7.60. The average Bonchev–Trinajstić information content (AvgIpc) is 3.85. The summed E-state index contributed by atoms with van der Waals surface area (Å²) in [7, 11) is 0. The van der Waals surface area contributed by atoms with Crippen LogP contribution in [0.3, 0.4) is 0 Å². The Labute approximate surface area is 408 Å². The number of rotatable bonds is 24. The first-order valence-electron chi connectivity index (χ1n) is 24.6. The molecule has 4 aliphatic rings. The number of nitrogens with one attached hydrogen (secondary N) is 5. The fourth-order valence-electron chi connectivity index (χ4n) is 9.46. The molecular weight excluding hydrogens is 905 g/mol. The quantitative estimate of drug-likeness (QED) is 0.0550. The van der Waals surface area contributed by atoms with E-state index in [0.29, 0.717) is 56.6 Å². The largest absolute Gasteiger partial charge is 0.494 e. The molecule has 1 saturated carbocycles. The third-order valence-corrected chi connectivity index (χ3v) is 12.9. The average molecular weight is 973 g/mol. The van der Waals surface area contributed by atoms with E-state index >= 15 is 0 Å². The summed E-state index contributed by atoms with van der Waals surface area (Å²) in [5, 5.41) is 13.2. The molecule has 0 spiro atoms. The fraction of sp³-hybridized carbons (Fsp3) is 0.588. The molecule has 70 heavy (non-hydrogen) atoms. The van der Waals surface area contributed by atoms with Crippen LogP contribution in [0.5, 0.6) is 11.5 Å². The maximum Gasteiger partial charge on any atom is 0.408 e. The van der Waals surface area contributed by atoms with Gasteiger partial charge in [-0.1, -0.05) is 50.3 Å². The number of hydrogen-bond donors (Lipinski definition) is 5. The van der Waals surface area contributed by atoms with Crippen molar-refractivity contribution < 1.29 is 62.1 Å². The Morgan fingerprint density at radius 3 is 2.23 bits per heavy atom. The van der Waals surface area contributed by atoms with Gasteiger partial charge in [-0.25, -0.2) is 4.79 Å². The molecule has 6 rings (SSSR count). The Morgan fingerprint density at radius 1 is 0.814 bits per heavy atom. The highest BCUT2D eigenvalue weighted by Crippen LogP contribution is 2.34. The summed E-state index contributed by atoms with van der Waals surface area (Å²) in [4.78, 5) is 117. The van der Waals surface area contributed by atoms with E-state index in [1.165, 1.54) is 6.07 Å². The van der Waals surface area contributed by atoms with Gasteiger partial charge in [0.1, 0.15) is 42.5 Å². The Hall–Kier alpha value is -6.37. The van der Waals surface area contributed by atoms with Crippen molar-refractivity contribution in [3.8, 4) is 11.5 Å². The lowest BCUT2D eigenvalue weighted by molar-refractivity contribution is -0.136. The van der Waals surface area contributed by atoms with Crippen LogP contribution in [0.15, 0.2) is 42.5 Å². The van der Waals surface area contributed by atoms with Crippen LogP contribution >= 0.6 is 0 Å². The molecule has 2 saturated heterocycles. The molecule has 1 aliphatic carbocycles. The number of amides is 8. The molecule has 2 aromatic carbocycles. The van der Waals surface area contributed by atoms with Gasteiger partial charge in [-0.05, 0) is 115 Å². The Kier molecular flexibility index (Phi) is 18.9. The monoisotopic (exact) mass is 972 g/mol. The minimum Gasteiger partial charge on any atom is -0.494 e. The second kappa shape index (κ2) is 25.0. The highest BCUT2D eigenvalue weighted by Gasteiger charge is 2.46. The highest BCUT2D eigenvalue weighted by molar-refractivity contribution is 6.24. The van der Waals surface area contributed by atoms with Gasteiger partial charge in [0, 0.05) is 18.9 Å². The van der Waals surface area contributed by atoms with E-state index in [0.717, 1.165) is 56.3 Å². The molecule has 0 bridgehead atoms. The molecule has 3 heterocycles. The zero-order chi connectivity index (χ0) is 50.4. The van der Waals surface area contributed by atoms with Crippen molar-refractivity contribution in [2.75, 3.05) is 19.8 Å². The van der Waals surface area contributed by atoms with Crippen molar-refractivity contribution in [1.29, 1.82) is 0 Å². The van der Waals surface area contributed by atoms with Crippen LogP contribution < -0.4 is 36.1 Å². The maximum atomic E-state index is 14.1. The van der Waals surface area contributed by atoms with Gasteiger partial charge in [0.05, 0.1) is 42.1 Å². The molecular formula is C51H68N6O13. The molecule has 5 N–H and O–H groups in total. The lowest BCUT2D eigenvalue weighted by Crippen LogP contribution is -2.59. The Morgan fingerprint density at radius 2 is 1.54 bits per heavy atom. The van der Waals surface area contributed by atoms with Crippen molar-refractivity contribution in [3.63, 3.8) is 0 Å². The van der Waals surface area contributed by atoms with Crippen molar-refractivity contribution in [2.45, 2.75) is 160 Å². The number of piperidine rings is 1. The molecule has 0 radical (unpaired) electrons. The molecule has 19 nitrogen and oxygen atoms in total. The first kappa shape index (κ1) is 53.0. The number of carbonyl (C=O) groups is 9. The van der Waals surface area contributed by atoms with E-state index in [9.17, 15) is 43.2 Å². The predicted octanol–water partition coefficient (Wildman–Crippen LogP) is 4.57. The smallest absolute Gasteiger partial charge is 0.408 e. The van der Waals surface area contributed by atoms with Gasteiger partial charge in [0.25, 0.3) is 11.8 Å². The van der Waals surface area contributed by atoms with Gasteiger partial charge in [-0.15, -0.1) is 0 Å². The second-order valence-electron chi connectivity index (χ2n) is 19.6. The number of fused-ring (bicyclic) bond motifs is 1. The zero-order valence-corrected chi connectivity index (χ0v) is 40.6. The molecule has 380 valence electrons. The lowest BCUT2D eigenvalue weighted by Gasteiger charge is -2.32. The number of nitrogens with zero attached hydrogens (tertiary/aromatic N) is 1. The third-order valence-electron chi connectivity index (χ3n) is 12.9. The molecule has 6 unspecified atom stereocenters. The summed E-state index contributed by atoms with van der Waals surface area (Å²) >= 11 is 0. The second-order valence-corrected chi connectivity index (χ2v) is 19.6. The van der Waals surface area contributed by atoms with E-state index in [4.69, 9.17) is 18.9 Å². The summed E-state index contributed by atoms with van der Waals surface area (Å²) in [5.74, 6) is -3.07. The van der Waals surface area contributed by atoms with Gasteiger partial charge in [-0.2, -0.15) is 0 Å². The van der Waals surface area contributed by atoms with E-state index in [2.05, 4.69) is 26.6 Å². The fourth-order valence-corrected chi connectivity index (χ4v) is 9.46. The Bertz CT molecular complexity index is 2240. The van der Waals surface area contributed by atoms with Crippen LogP contribution in [0.1, 0.15) is 144 Å². The van der Waals surface area contributed by atoms with Crippen molar-refractivity contribution >= 4 is 53.7 Å². The number of aldehydes is 1. The zero-order valence-electron chi connectivity index (χ0n) is 40.6. The summed E-state index contributed by atoms with van der Waals surface area (Å²) in [6.45, 7) is 8.20. The van der Waals surface area contributed by atoms with Crippen LogP contribution in [-0.2, 0) is 44.8 Å². The van der Waals surface area contributed by atoms with Crippen LogP contribution in [0.2, 0.25) is 0 Å². The Balaban J connectivity index is 0.956. The summed E-state index contributed by atoms with van der Waals surface area (Å²) in [6.07, 6.45) is 7.97. The summed E-state index contributed by atoms with van der Waals surface area (Å²) in [5.41, 5.74) is 0.222. The van der Waals surface area contributed by atoms with E-state index < -0.39 is 83.3 Å². The first-order valence-corrected chi connectivity index (χ1v) is 24.6. The normalized spacial score (nSPS) is 20.1. The van der Waals surface area contributed by atoms with Gasteiger partial charge in [0.15, 0.2) is 0 Å². The SMILES string of the molecule is CC(OC(C)(C)C)C(NC(=O)OCc1cccc(OCCCCCCOc2cccc3c2C(=O)N(C2CCC(=O)NC2=O)C3=O)c1)C(=O)NC(CC1CCCCC1)C(=O)NC(C=O)CC1CCNC1=O. The van der Waals surface area contributed by atoms with Crippen LogP contribution in [0.4, 0.5) is 4.79 Å². The number of hydrogen-bond acceptors (Lipinski definition) is 13. The van der Waals surface area contributed by atoms with Crippen molar-refractivity contribution in [1.82, 2.24) is 31.5 Å². The van der Waals surface area contributed by atoms with Crippen molar-refractivity contribution in [2.24, 2.45) is 11.8 Å². The number of unbranched alkanes of at least 4 members (excludes halogenated alkanes) is 3. The molecule has 2 aromatic rings. The third kappa shape index (κ3) is 14.8. The van der Waals surface area contributed by atoms with Crippen LogP contribution in [0, 0.1) is 11.8 Å². The van der Waals surface area contributed by atoms with Crippen LogP contribution in [0.25, 0.3) is 0 Å². The molecule has 0 aromatic heterocycles. The lowest BCUT2D eigenvalue weighted by atomic mass is 9.84. The predicted molar refractivity (Wildman–Crippen MR) is 253 cm³/mol. The topological polar surface area (TPSA) is 254 Å². The van der Waals surface area contributed by atoms with Gasteiger partial charge in [0.2, 0.25) is 29.5 Å². The minimum atomic E-state index is -1.26. The first-order chi connectivity index (χ1) is 33.5. The molecule has 3 fully saturated rings. The van der Waals surface area contributed by atoms with E-state index in [-0.39, 0.29) is 54.6 Å². The van der Waals surface area contributed by atoms with E-state index in [1.807, 2.05) is 20.8 Å². The highest BCUT2D eigenvalue weighted by atomic mass is 16.6. The van der Waals surface area contributed by atoms with Crippen LogP contribution in [-0.4, -0.2) is 114 Å². The number of ether oxygens (including phenoxy) is 4. The standard InChI is InChI=1S/C51H68N6O13/c1-31(70-51(2,3)4)43(47(63)54-38(27-32-14-8-7-9-15-32)45(61)53-35(29-58)28-34-22-23-52-44(34)60)56-50(66)69-30-33-16-12-17-36(26-33)67-24-10-5-6-11-25-68-40-19-13-18-37-42(40)49(65)57(48(37)64)39-20-21-41(59)55-46(39)62/h12-13,16-19,26,29,31-32,34-35,38-39,43H,5-11,14-15,20-25,27-28,30H2,1-4H3,(H,52,60)(H,53,61)(H,54,63)(H,56,66)(H,55,59,62). The van der Waals surface area contributed by atoms with Crippen molar-refractivity contribution in [3.05, 3.63) is 59.2 Å². The number of benzene rings is 2. The number of imide groups is 2. The molecule has 3 aliphatic heterocycles. The molecule has 8 amide bonds. The van der Waals surface area contributed by atoms with Gasteiger partial charge in [-0.3, -0.25) is 43.8 Å². The maximum absolute atomic E-state index is 14.1. The minimum absolute atomic E-state index is 0.0332. The number of carbonyl (C=O) groups excluding carboxylic acids is 9. The molecule has 6 atom stereocenters. The van der Waals surface area contributed by atoms with Gasteiger partial charge < -0.3 is 45.0 Å².